The van der Waals surface area contributed by atoms with E-state index in [-0.39, 0.29) is 11.7 Å². The van der Waals surface area contributed by atoms with Crippen LogP contribution in [0.3, 0.4) is 0 Å². The van der Waals surface area contributed by atoms with E-state index in [1.54, 1.807) is 18.3 Å². The second-order valence-electron chi connectivity index (χ2n) is 4.34. The second-order valence-corrected chi connectivity index (χ2v) is 5.35. The maximum absolute atomic E-state index is 11.5. The highest BCUT2D eigenvalue weighted by atomic mass is 32.2. The Hall–Kier alpha value is -1.54. The van der Waals surface area contributed by atoms with Crippen molar-refractivity contribution in [1.29, 1.82) is 5.26 Å². The van der Waals surface area contributed by atoms with Gasteiger partial charge in [0.1, 0.15) is 11.7 Å². The van der Waals surface area contributed by atoms with Crippen molar-refractivity contribution in [3.8, 4) is 6.07 Å². The zero-order valence-electron chi connectivity index (χ0n) is 10.1. The van der Waals surface area contributed by atoms with E-state index in [2.05, 4.69) is 4.98 Å². The van der Waals surface area contributed by atoms with Gasteiger partial charge in [0.2, 0.25) is 0 Å². The van der Waals surface area contributed by atoms with Crippen LogP contribution in [-0.2, 0) is 9.53 Å². The molecule has 0 atom stereocenters. The number of rotatable bonds is 3. The fraction of sp³-hybridized carbons (Fsp3) is 0.417. The largest absolute Gasteiger partial charge is 0.459 e. The van der Waals surface area contributed by atoms with Gasteiger partial charge in [0.15, 0.2) is 5.69 Å². The van der Waals surface area contributed by atoms with Crippen LogP contribution < -0.4 is 0 Å². The Bertz CT molecular complexity index is 447. The summed E-state index contributed by atoms with van der Waals surface area (Å²) in [5, 5.41) is 8.83. The van der Waals surface area contributed by atoms with Gasteiger partial charge in [-0.2, -0.15) is 5.26 Å². The summed E-state index contributed by atoms with van der Waals surface area (Å²) in [7, 11) is 0. The van der Waals surface area contributed by atoms with Crippen LogP contribution in [0.25, 0.3) is 0 Å². The van der Waals surface area contributed by atoms with Crippen LogP contribution in [0.5, 0.6) is 0 Å². The topological polar surface area (TPSA) is 63.0 Å². The highest BCUT2D eigenvalue weighted by Crippen LogP contribution is 2.21. The molecule has 90 valence electrons. The smallest absolute Gasteiger partial charge is 0.316 e. The maximum atomic E-state index is 11.5. The standard InChI is InChI=1S/C12H14N2O2S/c1-12(2,3)16-11(15)8-17-10-5-4-6-14-9(10)7-13/h4-6H,8H2,1-3H3. The van der Waals surface area contributed by atoms with E-state index >= 15 is 0 Å². The van der Waals surface area contributed by atoms with Crippen LogP contribution >= 0.6 is 11.8 Å². The third-order valence-corrected chi connectivity index (χ3v) is 2.66. The minimum Gasteiger partial charge on any atom is -0.459 e. The van der Waals surface area contributed by atoms with Gasteiger partial charge in [0.05, 0.1) is 5.75 Å². The van der Waals surface area contributed by atoms with E-state index < -0.39 is 5.60 Å². The highest BCUT2D eigenvalue weighted by molar-refractivity contribution is 8.00. The predicted molar refractivity (Wildman–Crippen MR) is 65.5 cm³/mol. The maximum Gasteiger partial charge on any atom is 0.316 e. The average Bonchev–Trinajstić information content (AvgIpc) is 2.24. The van der Waals surface area contributed by atoms with Crippen molar-refractivity contribution >= 4 is 17.7 Å². The molecule has 1 aromatic heterocycles. The molecule has 0 spiro atoms. The van der Waals surface area contributed by atoms with Crippen molar-refractivity contribution in [3.63, 3.8) is 0 Å². The molecular formula is C12H14N2O2S. The predicted octanol–water partition coefficient (Wildman–Crippen LogP) is 2.39. The lowest BCUT2D eigenvalue weighted by Gasteiger charge is -2.19. The molecule has 0 bridgehead atoms. The molecule has 0 aliphatic carbocycles. The first-order valence-electron chi connectivity index (χ1n) is 5.12. The van der Waals surface area contributed by atoms with Crippen LogP contribution in [-0.4, -0.2) is 22.3 Å². The van der Waals surface area contributed by atoms with Crippen LogP contribution in [0.4, 0.5) is 0 Å². The van der Waals surface area contributed by atoms with E-state index in [0.29, 0.717) is 10.6 Å². The molecule has 1 aromatic rings. The summed E-state index contributed by atoms with van der Waals surface area (Å²) in [5.74, 6) is -0.118. The SMILES string of the molecule is CC(C)(C)OC(=O)CSc1cccnc1C#N. The van der Waals surface area contributed by atoms with Crippen molar-refractivity contribution in [2.24, 2.45) is 0 Å². The van der Waals surface area contributed by atoms with Crippen LogP contribution in [0.1, 0.15) is 26.5 Å². The first kappa shape index (κ1) is 13.5. The molecule has 17 heavy (non-hydrogen) atoms. The molecule has 4 nitrogen and oxygen atoms in total. The number of carbonyl (C=O) groups is 1. The third-order valence-electron chi connectivity index (χ3n) is 1.64. The van der Waals surface area contributed by atoms with Gasteiger partial charge in [-0.15, -0.1) is 11.8 Å². The first-order chi connectivity index (χ1) is 7.92. The number of nitrogens with zero attached hydrogens (tertiary/aromatic N) is 2. The van der Waals surface area contributed by atoms with Gasteiger partial charge < -0.3 is 4.74 Å². The first-order valence-corrected chi connectivity index (χ1v) is 6.11. The zero-order valence-corrected chi connectivity index (χ0v) is 10.9. The van der Waals surface area contributed by atoms with E-state index in [4.69, 9.17) is 10.00 Å². The van der Waals surface area contributed by atoms with Crippen LogP contribution in [0, 0.1) is 11.3 Å². The fourth-order valence-corrected chi connectivity index (χ4v) is 1.84. The van der Waals surface area contributed by atoms with Gasteiger partial charge in [0.25, 0.3) is 0 Å². The van der Waals surface area contributed by atoms with Gasteiger partial charge in [-0.3, -0.25) is 4.79 Å². The Balaban J connectivity index is 2.57. The summed E-state index contributed by atoms with van der Waals surface area (Å²) in [6.45, 7) is 5.46. The summed E-state index contributed by atoms with van der Waals surface area (Å²) in [4.78, 5) is 16.1. The molecule has 0 saturated heterocycles. The number of hydrogen-bond donors (Lipinski definition) is 0. The summed E-state index contributed by atoms with van der Waals surface area (Å²) in [5.41, 5.74) is -0.147. The molecule has 0 amide bonds. The van der Waals surface area contributed by atoms with Crippen molar-refractivity contribution in [2.75, 3.05) is 5.75 Å². The van der Waals surface area contributed by atoms with Crippen molar-refractivity contribution in [2.45, 2.75) is 31.3 Å². The lowest BCUT2D eigenvalue weighted by atomic mass is 10.2. The molecule has 0 fully saturated rings. The molecule has 1 heterocycles. The Kier molecular flexibility index (Phi) is 4.53. The van der Waals surface area contributed by atoms with Gasteiger partial charge >= 0.3 is 5.97 Å². The van der Waals surface area contributed by atoms with E-state index in [9.17, 15) is 4.79 Å². The molecular weight excluding hydrogens is 236 g/mol. The summed E-state index contributed by atoms with van der Waals surface area (Å²) in [6.07, 6.45) is 1.55. The Labute approximate surface area is 105 Å². The highest BCUT2D eigenvalue weighted by Gasteiger charge is 2.16. The van der Waals surface area contributed by atoms with Crippen molar-refractivity contribution < 1.29 is 9.53 Å². The molecule has 0 aliphatic heterocycles. The number of aromatic nitrogens is 1. The Morgan fingerprint density at radius 2 is 2.29 bits per heavy atom. The van der Waals surface area contributed by atoms with Gasteiger partial charge in [-0.1, -0.05) is 0 Å². The summed E-state index contributed by atoms with van der Waals surface area (Å²) in [6, 6.07) is 5.48. The monoisotopic (exact) mass is 250 g/mol. The van der Waals surface area contributed by atoms with Gasteiger partial charge in [0, 0.05) is 11.1 Å². The molecule has 0 unspecified atom stereocenters. The summed E-state index contributed by atoms with van der Waals surface area (Å²) < 4.78 is 5.17. The summed E-state index contributed by atoms with van der Waals surface area (Å²) >= 11 is 1.26. The van der Waals surface area contributed by atoms with Crippen molar-refractivity contribution in [3.05, 3.63) is 24.0 Å². The molecule has 0 aliphatic rings. The van der Waals surface area contributed by atoms with Gasteiger partial charge in [-0.25, -0.2) is 4.98 Å². The molecule has 5 heteroatoms. The molecule has 0 aromatic carbocycles. The number of esters is 1. The number of hydrogen-bond acceptors (Lipinski definition) is 5. The van der Waals surface area contributed by atoms with Crippen molar-refractivity contribution in [1.82, 2.24) is 4.98 Å². The molecule has 0 radical (unpaired) electrons. The number of thioether (sulfide) groups is 1. The number of ether oxygens (including phenoxy) is 1. The van der Waals surface area contributed by atoms with E-state index in [1.165, 1.54) is 11.8 Å². The lowest BCUT2D eigenvalue weighted by Crippen LogP contribution is -2.24. The zero-order chi connectivity index (χ0) is 12.9. The van der Waals surface area contributed by atoms with E-state index in [1.807, 2.05) is 26.8 Å². The Morgan fingerprint density at radius 3 is 2.88 bits per heavy atom. The lowest BCUT2D eigenvalue weighted by molar-refractivity contribution is -0.151. The Morgan fingerprint density at radius 1 is 1.59 bits per heavy atom. The number of pyridine rings is 1. The average molecular weight is 250 g/mol. The molecule has 0 N–H and O–H groups in total. The molecule has 0 saturated carbocycles. The van der Waals surface area contributed by atoms with Crippen LogP contribution in [0.2, 0.25) is 0 Å². The quantitative estimate of drug-likeness (QED) is 0.609. The number of carbonyl (C=O) groups excluding carboxylic acids is 1. The normalized spacial score (nSPS) is 10.7. The number of nitriles is 1. The minimum absolute atomic E-state index is 0.178. The van der Waals surface area contributed by atoms with E-state index in [0.717, 1.165) is 0 Å². The molecule has 1 rings (SSSR count). The van der Waals surface area contributed by atoms with Crippen LogP contribution in [0.15, 0.2) is 23.2 Å². The van der Waals surface area contributed by atoms with Gasteiger partial charge in [-0.05, 0) is 32.9 Å². The minimum atomic E-state index is -0.482. The fourth-order valence-electron chi connectivity index (χ4n) is 1.10. The third kappa shape index (κ3) is 4.87. The second kappa shape index (κ2) is 5.69.